The van der Waals surface area contributed by atoms with Gasteiger partial charge in [0.2, 0.25) is 0 Å². The fourth-order valence-electron chi connectivity index (χ4n) is 4.06. The lowest BCUT2D eigenvalue weighted by Crippen LogP contribution is -2.56. The van der Waals surface area contributed by atoms with Crippen LogP contribution in [0.2, 0.25) is 0 Å². The van der Waals surface area contributed by atoms with Gasteiger partial charge in [0.25, 0.3) is 0 Å². The second kappa shape index (κ2) is 5.78. The molecule has 4 rings (SSSR count). The van der Waals surface area contributed by atoms with Crippen LogP contribution >= 0.6 is 0 Å². The number of aromatic nitrogens is 2. The van der Waals surface area contributed by atoms with Crippen molar-refractivity contribution in [2.24, 2.45) is 5.41 Å². The van der Waals surface area contributed by atoms with E-state index < -0.39 is 0 Å². The lowest BCUT2D eigenvalue weighted by Gasteiger charge is -2.48. The van der Waals surface area contributed by atoms with Crippen LogP contribution < -0.4 is 4.74 Å². The van der Waals surface area contributed by atoms with Crippen molar-refractivity contribution in [2.45, 2.75) is 51.2 Å². The van der Waals surface area contributed by atoms with Crippen molar-refractivity contribution in [2.75, 3.05) is 26.3 Å². The van der Waals surface area contributed by atoms with Crippen molar-refractivity contribution in [3.8, 4) is 6.01 Å². The van der Waals surface area contributed by atoms with Crippen LogP contribution in [-0.4, -0.2) is 53.3 Å². The van der Waals surface area contributed by atoms with Crippen molar-refractivity contribution in [3.63, 3.8) is 0 Å². The van der Waals surface area contributed by atoms with Gasteiger partial charge in [-0.3, -0.25) is 4.90 Å². The summed E-state index contributed by atoms with van der Waals surface area (Å²) in [4.78, 5) is 11.3. The van der Waals surface area contributed by atoms with Gasteiger partial charge in [0.15, 0.2) is 0 Å². The Morgan fingerprint density at radius 1 is 1.41 bits per heavy atom. The summed E-state index contributed by atoms with van der Waals surface area (Å²) >= 11 is 0. The van der Waals surface area contributed by atoms with Crippen LogP contribution in [-0.2, 0) is 4.74 Å². The lowest BCUT2D eigenvalue weighted by molar-refractivity contribution is -0.0610. The molecule has 0 N–H and O–H groups in total. The van der Waals surface area contributed by atoms with E-state index in [-0.39, 0.29) is 5.41 Å². The molecule has 0 amide bonds. The molecule has 22 heavy (non-hydrogen) atoms. The van der Waals surface area contributed by atoms with E-state index in [9.17, 15) is 0 Å². The summed E-state index contributed by atoms with van der Waals surface area (Å²) in [6.07, 6.45) is 8.45. The topological polar surface area (TPSA) is 47.5 Å². The first-order valence-corrected chi connectivity index (χ1v) is 8.53. The van der Waals surface area contributed by atoms with E-state index in [0.29, 0.717) is 18.7 Å². The van der Waals surface area contributed by atoms with Gasteiger partial charge in [-0.1, -0.05) is 6.42 Å². The van der Waals surface area contributed by atoms with Crippen molar-refractivity contribution < 1.29 is 9.47 Å². The van der Waals surface area contributed by atoms with E-state index in [1.165, 1.54) is 25.8 Å². The number of hydrogen-bond acceptors (Lipinski definition) is 5. The molecule has 1 saturated carbocycles. The Labute approximate surface area is 132 Å². The number of piperidine rings is 1. The number of aryl methyl sites for hydroxylation is 1. The highest BCUT2D eigenvalue weighted by atomic mass is 16.5. The van der Waals surface area contributed by atoms with Gasteiger partial charge in [0, 0.05) is 43.0 Å². The molecule has 120 valence electrons. The predicted molar refractivity (Wildman–Crippen MR) is 82.9 cm³/mol. The zero-order valence-corrected chi connectivity index (χ0v) is 13.3. The molecule has 2 saturated heterocycles. The standard InChI is InChI=1S/C17H25N3O2/c1-13-5-8-18-16(19-13)22-12-17-7-10-21-15(17)6-9-20(11-17)14-3-2-4-14/h5,8,14-15H,2-4,6-7,9-12H2,1H3/t15-,17+/m1/s1. The van der Waals surface area contributed by atoms with Crippen LogP contribution in [0.4, 0.5) is 0 Å². The van der Waals surface area contributed by atoms with E-state index in [4.69, 9.17) is 9.47 Å². The first kappa shape index (κ1) is 14.4. The van der Waals surface area contributed by atoms with Crippen LogP contribution in [0.3, 0.4) is 0 Å². The molecule has 5 heteroatoms. The summed E-state index contributed by atoms with van der Waals surface area (Å²) in [6.45, 7) is 5.78. The zero-order chi connectivity index (χ0) is 15.0. The van der Waals surface area contributed by atoms with E-state index in [1.807, 2.05) is 13.0 Å². The van der Waals surface area contributed by atoms with Crippen molar-refractivity contribution >= 4 is 0 Å². The average Bonchev–Trinajstić information content (AvgIpc) is 2.87. The third-order valence-corrected chi connectivity index (χ3v) is 5.65. The molecule has 3 heterocycles. The zero-order valence-electron chi connectivity index (χ0n) is 13.3. The molecular formula is C17H25N3O2. The van der Waals surface area contributed by atoms with Gasteiger partial charge in [-0.05, 0) is 38.7 Å². The highest BCUT2D eigenvalue weighted by Crippen LogP contribution is 2.43. The molecular weight excluding hydrogens is 278 g/mol. The second-order valence-corrected chi connectivity index (χ2v) is 7.08. The first-order valence-electron chi connectivity index (χ1n) is 8.53. The molecule has 2 aliphatic heterocycles. The summed E-state index contributed by atoms with van der Waals surface area (Å²) in [6, 6.07) is 3.19. The maximum absolute atomic E-state index is 6.00. The Balaban J connectivity index is 1.46. The summed E-state index contributed by atoms with van der Waals surface area (Å²) in [7, 11) is 0. The Morgan fingerprint density at radius 3 is 3.09 bits per heavy atom. The monoisotopic (exact) mass is 303 g/mol. The highest BCUT2D eigenvalue weighted by molar-refractivity contribution is 5.05. The Hall–Kier alpha value is -1.20. The minimum Gasteiger partial charge on any atom is -0.463 e. The highest BCUT2D eigenvalue weighted by Gasteiger charge is 2.50. The summed E-state index contributed by atoms with van der Waals surface area (Å²) < 4.78 is 12.0. The van der Waals surface area contributed by atoms with Crippen LogP contribution in [0.25, 0.3) is 0 Å². The van der Waals surface area contributed by atoms with E-state index in [1.54, 1.807) is 6.20 Å². The molecule has 3 fully saturated rings. The van der Waals surface area contributed by atoms with E-state index >= 15 is 0 Å². The molecule has 5 nitrogen and oxygen atoms in total. The second-order valence-electron chi connectivity index (χ2n) is 7.08. The first-order chi connectivity index (χ1) is 10.8. The fraction of sp³-hybridized carbons (Fsp3) is 0.765. The maximum atomic E-state index is 6.00. The molecule has 0 unspecified atom stereocenters. The number of ether oxygens (including phenoxy) is 2. The number of likely N-dealkylation sites (tertiary alicyclic amines) is 1. The number of fused-ring (bicyclic) bond motifs is 1. The Kier molecular flexibility index (Phi) is 3.78. The van der Waals surface area contributed by atoms with Gasteiger partial charge in [-0.25, -0.2) is 9.97 Å². The molecule has 0 spiro atoms. The smallest absolute Gasteiger partial charge is 0.316 e. The number of hydrogen-bond donors (Lipinski definition) is 0. The van der Waals surface area contributed by atoms with Crippen LogP contribution in [0, 0.1) is 12.3 Å². The molecule has 3 aliphatic rings. The Bertz CT molecular complexity index is 534. The van der Waals surface area contributed by atoms with Crippen molar-refractivity contribution in [3.05, 3.63) is 18.0 Å². The minimum atomic E-state index is 0.126. The molecule has 2 atom stereocenters. The van der Waals surface area contributed by atoms with Gasteiger partial charge in [0.05, 0.1) is 6.10 Å². The van der Waals surface area contributed by atoms with E-state index in [0.717, 1.165) is 37.7 Å². The van der Waals surface area contributed by atoms with Crippen molar-refractivity contribution in [1.29, 1.82) is 0 Å². The minimum absolute atomic E-state index is 0.126. The molecule has 0 aromatic carbocycles. The summed E-state index contributed by atoms with van der Waals surface area (Å²) in [5, 5.41) is 0. The third-order valence-electron chi connectivity index (χ3n) is 5.65. The third kappa shape index (κ3) is 2.61. The molecule has 0 bridgehead atoms. The molecule has 1 aliphatic carbocycles. The lowest BCUT2D eigenvalue weighted by atomic mass is 9.75. The molecule has 0 radical (unpaired) electrons. The molecule has 1 aromatic rings. The summed E-state index contributed by atoms with van der Waals surface area (Å²) in [5.41, 5.74) is 1.07. The van der Waals surface area contributed by atoms with Crippen LogP contribution in [0.1, 0.15) is 37.8 Å². The van der Waals surface area contributed by atoms with Gasteiger partial charge in [-0.2, -0.15) is 0 Å². The average molecular weight is 303 g/mol. The van der Waals surface area contributed by atoms with Gasteiger partial charge < -0.3 is 9.47 Å². The van der Waals surface area contributed by atoms with Gasteiger partial charge in [0.1, 0.15) is 6.61 Å². The van der Waals surface area contributed by atoms with Gasteiger partial charge in [-0.15, -0.1) is 0 Å². The summed E-state index contributed by atoms with van der Waals surface area (Å²) in [5.74, 6) is 0. The Morgan fingerprint density at radius 2 is 2.32 bits per heavy atom. The van der Waals surface area contributed by atoms with Crippen LogP contribution in [0.5, 0.6) is 6.01 Å². The fourth-order valence-corrected chi connectivity index (χ4v) is 4.06. The van der Waals surface area contributed by atoms with Crippen molar-refractivity contribution in [1.82, 2.24) is 14.9 Å². The van der Waals surface area contributed by atoms with Gasteiger partial charge >= 0.3 is 6.01 Å². The molecule has 1 aromatic heterocycles. The predicted octanol–water partition coefficient (Wildman–Crippen LogP) is 2.20. The van der Waals surface area contributed by atoms with E-state index in [2.05, 4.69) is 14.9 Å². The maximum Gasteiger partial charge on any atom is 0.316 e. The number of rotatable bonds is 4. The number of nitrogens with zero attached hydrogens (tertiary/aromatic N) is 3. The largest absolute Gasteiger partial charge is 0.463 e. The quantitative estimate of drug-likeness (QED) is 0.853. The van der Waals surface area contributed by atoms with Crippen LogP contribution in [0.15, 0.2) is 12.3 Å². The normalized spacial score (nSPS) is 32.5. The SMILES string of the molecule is Cc1ccnc(OC[C@@]23CCO[C@@H]2CCN(C2CCC2)C3)n1.